The van der Waals surface area contributed by atoms with Crippen molar-refractivity contribution in [1.82, 2.24) is 0 Å². The maximum Gasteiger partial charge on any atom is 0.455 e. The summed E-state index contributed by atoms with van der Waals surface area (Å²) in [5.41, 5.74) is 4.44. The Balaban J connectivity index is 2.42. The zero-order valence-electron chi connectivity index (χ0n) is 9.10. The third-order valence-electron chi connectivity index (χ3n) is 2.60. The van der Waals surface area contributed by atoms with E-state index in [0.717, 1.165) is 12.1 Å². The third-order valence-corrected chi connectivity index (χ3v) is 2.92. The minimum atomic E-state index is -5.77. The van der Waals surface area contributed by atoms with Crippen LogP contribution in [0.25, 0.3) is 0 Å². The van der Waals surface area contributed by atoms with Gasteiger partial charge >= 0.3 is 12.1 Å². The van der Waals surface area contributed by atoms with Gasteiger partial charge in [0.05, 0.1) is 0 Å². The molecule has 3 nitrogen and oxygen atoms in total. The first-order chi connectivity index (χ1) is 8.64. The number of halogens is 6. The Morgan fingerprint density at radius 2 is 1.63 bits per heavy atom. The summed E-state index contributed by atoms with van der Waals surface area (Å²) in [6.45, 7) is -0.167. The SMILES string of the molecule is N[C@H](c1cc2c(cc1Cl)OCO2)C(F)(F)C(F)(F)F. The summed E-state index contributed by atoms with van der Waals surface area (Å²) in [6.07, 6.45) is -5.77. The van der Waals surface area contributed by atoms with E-state index in [1.807, 2.05) is 0 Å². The number of rotatable bonds is 2. The highest BCUT2D eigenvalue weighted by Gasteiger charge is 2.62. The number of nitrogens with two attached hydrogens (primary N) is 1. The first-order valence-electron chi connectivity index (χ1n) is 4.93. The molecule has 0 saturated heterocycles. The topological polar surface area (TPSA) is 44.5 Å². The molecule has 1 aliphatic rings. The van der Waals surface area contributed by atoms with Crippen LogP contribution in [-0.2, 0) is 0 Å². The fourth-order valence-corrected chi connectivity index (χ4v) is 1.81. The van der Waals surface area contributed by atoms with Crippen LogP contribution >= 0.6 is 11.6 Å². The van der Waals surface area contributed by atoms with Gasteiger partial charge in [-0.15, -0.1) is 0 Å². The second-order valence-corrected chi connectivity index (χ2v) is 4.23. The fraction of sp³-hybridized carbons (Fsp3) is 0.400. The standard InChI is InChI=1S/C10H7ClF5NO2/c11-5-2-7-6(18-3-19-7)1-4(5)8(17)9(12,13)10(14,15)16/h1-2,8H,3,17H2/t8-/m1/s1. The Bertz CT molecular complexity index is 505. The zero-order valence-corrected chi connectivity index (χ0v) is 9.86. The average molecular weight is 304 g/mol. The van der Waals surface area contributed by atoms with Crippen LogP contribution in [0.2, 0.25) is 5.02 Å². The molecule has 0 radical (unpaired) electrons. The molecule has 1 aromatic carbocycles. The van der Waals surface area contributed by atoms with Crippen LogP contribution in [0.1, 0.15) is 11.6 Å². The number of fused-ring (bicyclic) bond motifs is 1. The summed E-state index contributed by atoms with van der Waals surface area (Å²) < 4.78 is 72.9. The van der Waals surface area contributed by atoms with E-state index in [2.05, 4.69) is 0 Å². The van der Waals surface area contributed by atoms with Crippen molar-refractivity contribution in [3.8, 4) is 11.5 Å². The van der Waals surface area contributed by atoms with Crippen molar-refractivity contribution in [3.05, 3.63) is 22.7 Å². The van der Waals surface area contributed by atoms with Gasteiger partial charge in [-0.3, -0.25) is 0 Å². The van der Waals surface area contributed by atoms with Crippen molar-refractivity contribution in [2.24, 2.45) is 5.73 Å². The van der Waals surface area contributed by atoms with E-state index in [0.29, 0.717) is 0 Å². The quantitative estimate of drug-likeness (QED) is 0.853. The van der Waals surface area contributed by atoms with Crippen LogP contribution in [0.4, 0.5) is 22.0 Å². The van der Waals surface area contributed by atoms with Crippen LogP contribution in [0.5, 0.6) is 11.5 Å². The Labute approximate surface area is 109 Å². The highest BCUT2D eigenvalue weighted by molar-refractivity contribution is 6.31. The number of alkyl halides is 5. The lowest BCUT2D eigenvalue weighted by Crippen LogP contribution is -2.45. The lowest BCUT2D eigenvalue weighted by Gasteiger charge is -2.26. The third kappa shape index (κ3) is 2.30. The van der Waals surface area contributed by atoms with Crippen LogP contribution in [0.15, 0.2) is 12.1 Å². The minimum absolute atomic E-state index is 0.0211. The molecule has 2 rings (SSSR count). The average Bonchev–Trinajstić information content (AvgIpc) is 2.72. The van der Waals surface area contributed by atoms with Crippen molar-refractivity contribution in [1.29, 1.82) is 0 Å². The molecule has 0 unspecified atom stereocenters. The number of hydrogen-bond acceptors (Lipinski definition) is 3. The summed E-state index contributed by atoms with van der Waals surface area (Å²) in [5.74, 6) is -4.92. The van der Waals surface area contributed by atoms with Gasteiger partial charge < -0.3 is 15.2 Å². The molecule has 0 spiro atoms. The molecule has 0 saturated carbocycles. The molecule has 0 amide bonds. The second-order valence-electron chi connectivity index (χ2n) is 3.83. The molecule has 1 heterocycles. The van der Waals surface area contributed by atoms with E-state index < -0.39 is 23.7 Å². The minimum Gasteiger partial charge on any atom is -0.454 e. The molecule has 2 N–H and O–H groups in total. The van der Waals surface area contributed by atoms with Gasteiger partial charge in [0.1, 0.15) is 6.04 Å². The molecule has 19 heavy (non-hydrogen) atoms. The molecule has 1 aromatic rings. The highest BCUT2D eigenvalue weighted by Crippen LogP contribution is 2.47. The first kappa shape index (κ1) is 14.1. The van der Waals surface area contributed by atoms with Gasteiger partial charge in [-0.25, -0.2) is 0 Å². The maximum absolute atomic E-state index is 13.2. The monoisotopic (exact) mass is 303 g/mol. The summed E-state index contributed by atoms with van der Waals surface area (Å²) in [6, 6.07) is -0.616. The molecule has 106 valence electrons. The van der Waals surface area contributed by atoms with E-state index in [1.54, 1.807) is 0 Å². The van der Waals surface area contributed by atoms with Gasteiger partial charge in [0.15, 0.2) is 11.5 Å². The van der Waals surface area contributed by atoms with Crippen LogP contribution < -0.4 is 15.2 Å². The highest BCUT2D eigenvalue weighted by atomic mass is 35.5. The molecule has 9 heteroatoms. The zero-order chi connectivity index (χ0) is 14.4. The molecule has 0 aliphatic carbocycles. The van der Waals surface area contributed by atoms with Crippen molar-refractivity contribution in [2.75, 3.05) is 6.79 Å². The van der Waals surface area contributed by atoms with Crippen molar-refractivity contribution in [3.63, 3.8) is 0 Å². The van der Waals surface area contributed by atoms with Crippen LogP contribution in [-0.4, -0.2) is 18.9 Å². The molecule has 0 fully saturated rings. The Hall–Kier alpha value is -1.28. The first-order valence-corrected chi connectivity index (χ1v) is 5.31. The summed E-state index contributed by atoms with van der Waals surface area (Å²) >= 11 is 5.64. The van der Waals surface area contributed by atoms with Crippen molar-refractivity contribution in [2.45, 2.75) is 18.1 Å². The van der Waals surface area contributed by atoms with E-state index in [9.17, 15) is 22.0 Å². The molecule has 1 aliphatic heterocycles. The summed E-state index contributed by atoms with van der Waals surface area (Å²) in [7, 11) is 0. The Kier molecular flexibility index (Phi) is 3.26. The van der Waals surface area contributed by atoms with E-state index in [4.69, 9.17) is 26.8 Å². The largest absolute Gasteiger partial charge is 0.455 e. The van der Waals surface area contributed by atoms with Gasteiger partial charge in [-0.1, -0.05) is 11.6 Å². The maximum atomic E-state index is 13.2. The summed E-state index contributed by atoms with van der Waals surface area (Å²) in [5, 5.41) is -0.347. The molecular weight excluding hydrogens is 297 g/mol. The lowest BCUT2D eigenvalue weighted by molar-refractivity contribution is -0.290. The predicted octanol–water partition coefficient (Wildman–Crippen LogP) is 3.27. The van der Waals surface area contributed by atoms with Gasteiger partial charge in [-0.2, -0.15) is 22.0 Å². The van der Waals surface area contributed by atoms with E-state index in [1.165, 1.54) is 0 Å². The smallest absolute Gasteiger partial charge is 0.454 e. The van der Waals surface area contributed by atoms with E-state index >= 15 is 0 Å². The number of ether oxygens (including phenoxy) is 2. The van der Waals surface area contributed by atoms with Gasteiger partial charge in [0.25, 0.3) is 0 Å². The van der Waals surface area contributed by atoms with Crippen LogP contribution in [0, 0.1) is 0 Å². The molecule has 1 atom stereocenters. The van der Waals surface area contributed by atoms with Crippen molar-refractivity contribution < 1.29 is 31.4 Å². The second kappa shape index (κ2) is 4.38. The number of hydrogen-bond donors (Lipinski definition) is 1. The van der Waals surface area contributed by atoms with E-state index in [-0.39, 0.29) is 23.3 Å². The number of benzene rings is 1. The Morgan fingerprint density at radius 3 is 2.16 bits per heavy atom. The van der Waals surface area contributed by atoms with Crippen LogP contribution in [0.3, 0.4) is 0 Å². The fourth-order valence-electron chi connectivity index (χ4n) is 1.54. The normalized spacial score (nSPS) is 16.6. The lowest BCUT2D eigenvalue weighted by atomic mass is 10.0. The Morgan fingerprint density at radius 1 is 1.11 bits per heavy atom. The molecule has 0 aromatic heterocycles. The molecule has 0 bridgehead atoms. The van der Waals surface area contributed by atoms with Crippen molar-refractivity contribution >= 4 is 11.6 Å². The summed E-state index contributed by atoms with van der Waals surface area (Å²) in [4.78, 5) is 0. The van der Waals surface area contributed by atoms with Gasteiger partial charge in [0, 0.05) is 11.1 Å². The predicted molar refractivity (Wildman–Crippen MR) is 55.5 cm³/mol. The van der Waals surface area contributed by atoms with Gasteiger partial charge in [-0.05, 0) is 11.6 Å². The van der Waals surface area contributed by atoms with Gasteiger partial charge in [0.2, 0.25) is 6.79 Å². The molecular formula is C10H7ClF5NO2.